The van der Waals surface area contributed by atoms with Crippen molar-refractivity contribution < 1.29 is 0 Å². The van der Waals surface area contributed by atoms with Crippen molar-refractivity contribution in [3.8, 4) is 11.4 Å². The SMILES string of the molecule is CN(C)CCNc1nc2cc(Cl)c(Cl)cc2nc1-c1ccccn1. The highest BCUT2D eigenvalue weighted by Gasteiger charge is 2.13. The molecule has 2 heterocycles. The summed E-state index contributed by atoms with van der Waals surface area (Å²) in [6.45, 7) is 1.62. The van der Waals surface area contributed by atoms with E-state index < -0.39 is 0 Å². The fraction of sp³-hybridized carbons (Fsp3) is 0.235. The fourth-order valence-corrected chi connectivity index (χ4v) is 2.57. The zero-order valence-electron chi connectivity index (χ0n) is 13.4. The van der Waals surface area contributed by atoms with Crippen LogP contribution in [0.1, 0.15) is 0 Å². The molecule has 3 aromatic rings. The zero-order valence-corrected chi connectivity index (χ0v) is 14.9. The number of nitrogens with zero attached hydrogens (tertiary/aromatic N) is 4. The maximum atomic E-state index is 6.11. The minimum atomic E-state index is 0.457. The van der Waals surface area contributed by atoms with E-state index in [1.807, 2.05) is 32.3 Å². The van der Waals surface area contributed by atoms with Crippen molar-refractivity contribution in [1.29, 1.82) is 0 Å². The van der Waals surface area contributed by atoms with Gasteiger partial charge in [-0.05, 0) is 38.4 Å². The molecule has 0 amide bonds. The van der Waals surface area contributed by atoms with Gasteiger partial charge < -0.3 is 10.2 Å². The van der Waals surface area contributed by atoms with Crippen LogP contribution in [0.3, 0.4) is 0 Å². The largest absolute Gasteiger partial charge is 0.367 e. The molecular weight excluding hydrogens is 345 g/mol. The Kier molecular flexibility index (Phi) is 5.14. The highest BCUT2D eigenvalue weighted by atomic mass is 35.5. The molecule has 0 spiro atoms. The minimum Gasteiger partial charge on any atom is -0.367 e. The van der Waals surface area contributed by atoms with Gasteiger partial charge in [-0.25, -0.2) is 9.97 Å². The number of likely N-dealkylation sites (N-methyl/N-ethyl adjacent to an activating group) is 1. The summed E-state index contributed by atoms with van der Waals surface area (Å²) in [6, 6.07) is 9.15. The summed E-state index contributed by atoms with van der Waals surface area (Å²) in [5, 5.41) is 4.26. The average molecular weight is 362 g/mol. The number of aromatic nitrogens is 3. The van der Waals surface area contributed by atoms with E-state index in [0.29, 0.717) is 32.6 Å². The molecule has 0 aliphatic heterocycles. The summed E-state index contributed by atoms with van der Waals surface area (Å²) in [4.78, 5) is 15.9. The fourth-order valence-electron chi connectivity index (χ4n) is 2.25. The first-order valence-electron chi connectivity index (χ1n) is 7.51. The molecule has 0 fully saturated rings. The second-order valence-electron chi connectivity index (χ2n) is 5.62. The summed E-state index contributed by atoms with van der Waals surface area (Å²) >= 11 is 12.2. The van der Waals surface area contributed by atoms with Crippen molar-refractivity contribution in [3.05, 3.63) is 46.6 Å². The van der Waals surface area contributed by atoms with Gasteiger partial charge in [0.2, 0.25) is 0 Å². The smallest absolute Gasteiger partial charge is 0.155 e. The number of rotatable bonds is 5. The molecule has 5 nitrogen and oxygen atoms in total. The number of hydrogen-bond donors (Lipinski definition) is 1. The minimum absolute atomic E-state index is 0.457. The number of fused-ring (bicyclic) bond motifs is 1. The third-order valence-corrected chi connectivity index (χ3v) is 4.19. The predicted octanol–water partition coefficient (Wildman–Crippen LogP) is 3.97. The Bertz CT molecular complexity index is 852. The molecule has 0 saturated heterocycles. The Balaban J connectivity index is 2.09. The molecule has 0 aliphatic rings. The summed E-state index contributed by atoms with van der Waals surface area (Å²) < 4.78 is 0. The van der Waals surface area contributed by atoms with Crippen LogP contribution in [-0.4, -0.2) is 47.0 Å². The first kappa shape index (κ1) is 16.9. The van der Waals surface area contributed by atoms with Crippen LogP contribution in [0.5, 0.6) is 0 Å². The van der Waals surface area contributed by atoms with Gasteiger partial charge in [-0.15, -0.1) is 0 Å². The third kappa shape index (κ3) is 3.75. The van der Waals surface area contributed by atoms with E-state index >= 15 is 0 Å². The van der Waals surface area contributed by atoms with Gasteiger partial charge in [0.05, 0.1) is 26.8 Å². The first-order valence-corrected chi connectivity index (χ1v) is 8.27. The molecule has 124 valence electrons. The lowest BCUT2D eigenvalue weighted by Gasteiger charge is -2.14. The molecule has 0 atom stereocenters. The summed E-state index contributed by atoms with van der Waals surface area (Å²) in [6.07, 6.45) is 1.74. The number of pyridine rings is 1. The van der Waals surface area contributed by atoms with E-state index in [1.165, 1.54) is 0 Å². The number of benzene rings is 1. The molecule has 0 bridgehead atoms. The van der Waals surface area contributed by atoms with Gasteiger partial charge in [-0.2, -0.15) is 0 Å². The zero-order chi connectivity index (χ0) is 17.1. The molecular formula is C17H17Cl2N5. The molecule has 2 aromatic heterocycles. The maximum Gasteiger partial charge on any atom is 0.155 e. The Labute approximate surface area is 150 Å². The quantitative estimate of drug-likeness (QED) is 0.744. The van der Waals surface area contributed by atoms with Gasteiger partial charge in [0.1, 0.15) is 5.69 Å². The topological polar surface area (TPSA) is 53.9 Å². The van der Waals surface area contributed by atoms with Gasteiger partial charge >= 0.3 is 0 Å². The summed E-state index contributed by atoms with van der Waals surface area (Å²) in [5.74, 6) is 0.682. The Morgan fingerprint density at radius 2 is 1.75 bits per heavy atom. The standard InChI is InChI=1S/C17H17Cl2N5/c1-24(2)8-7-21-17-16(13-5-3-4-6-20-13)22-14-9-11(18)12(19)10-15(14)23-17/h3-6,9-10H,7-8H2,1-2H3,(H,21,23). The monoisotopic (exact) mass is 361 g/mol. The van der Waals surface area contributed by atoms with Crippen LogP contribution in [0.25, 0.3) is 22.4 Å². The normalized spacial score (nSPS) is 11.2. The molecule has 0 aliphatic carbocycles. The van der Waals surface area contributed by atoms with Gasteiger partial charge in [0, 0.05) is 19.3 Å². The molecule has 0 radical (unpaired) electrons. The van der Waals surface area contributed by atoms with E-state index in [-0.39, 0.29) is 0 Å². The van der Waals surface area contributed by atoms with E-state index in [2.05, 4.69) is 20.2 Å². The highest BCUT2D eigenvalue weighted by Crippen LogP contribution is 2.30. The second-order valence-corrected chi connectivity index (χ2v) is 6.44. The van der Waals surface area contributed by atoms with Crippen molar-refractivity contribution in [2.45, 2.75) is 0 Å². The lowest BCUT2D eigenvalue weighted by Crippen LogP contribution is -2.21. The van der Waals surface area contributed by atoms with Crippen molar-refractivity contribution in [1.82, 2.24) is 19.9 Å². The Morgan fingerprint density at radius 3 is 2.38 bits per heavy atom. The number of anilines is 1. The summed E-state index contributed by atoms with van der Waals surface area (Å²) in [5.41, 5.74) is 2.82. The highest BCUT2D eigenvalue weighted by molar-refractivity contribution is 6.42. The molecule has 3 rings (SSSR count). The van der Waals surface area contributed by atoms with Crippen molar-refractivity contribution >= 4 is 40.1 Å². The van der Waals surface area contributed by atoms with E-state index in [0.717, 1.165) is 18.8 Å². The van der Waals surface area contributed by atoms with Crippen LogP contribution in [-0.2, 0) is 0 Å². The van der Waals surface area contributed by atoms with Crippen LogP contribution >= 0.6 is 23.2 Å². The molecule has 0 unspecified atom stereocenters. The Hall–Kier alpha value is -1.95. The van der Waals surface area contributed by atoms with Crippen LogP contribution in [0.4, 0.5) is 5.82 Å². The van der Waals surface area contributed by atoms with Crippen molar-refractivity contribution in [2.75, 3.05) is 32.5 Å². The maximum absolute atomic E-state index is 6.11. The second kappa shape index (κ2) is 7.30. The Morgan fingerprint density at radius 1 is 1.04 bits per heavy atom. The van der Waals surface area contributed by atoms with E-state index in [9.17, 15) is 0 Å². The molecule has 0 saturated carbocycles. The van der Waals surface area contributed by atoms with Crippen molar-refractivity contribution in [3.63, 3.8) is 0 Å². The molecule has 1 aromatic carbocycles. The predicted molar refractivity (Wildman–Crippen MR) is 99.8 cm³/mol. The number of halogens is 2. The van der Waals surface area contributed by atoms with Crippen LogP contribution in [0, 0.1) is 0 Å². The molecule has 7 heteroatoms. The van der Waals surface area contributed by atoms with Crippen molar-refractivity contribution in [2.24, 2.45) is 0 Å². The molecule has 24 heavy (non-hydrogen) atoms. The summed E-state index contributed by atoms with van der Waals surface area (Å²) in [7, 11) is 4.05. The van der Waals surface area contributed by atoms with Gasteiger partial charge in [0.25, 0.3) is 0 Å². The van der Waals surface area contributed by atoms with E-state index in [4.69, 9.17) is 28.2 Å². The first-order chi connectivity index (χ1) is 11.5. The van der Waals surface area contributed by atoms with Gasteiger partial charge in [0.15, 0.2) is 5.82 Å². The van der Waals surface area contributed by atoms with Crippen LogP contribution < -0.4 is 5.32 Å². The van der Waals surface area contributed by atoms with Crippen LogP contribution in [0.15, 0.2) is 36.5 Å². The van der Waals surface area contributed by atoms with Gasteiger partial charge in [-0.3, -0.25) is 4.98 Å². The lowest BCUT2D eigenvalue weighted by atomic mass is 10.2. The number of hydrogen-bond acceptors (Lipinski definition) is 5. The number of nitrogens with one attached hydrogen (secondary N) is 1. The molecule has 1 N–H and O–H groups in total. The van der Waals surface area contributed by atoms with Gasteiger partial charge in [-0.1, -0.05) is 29.3 Å². The van der Waals surface area contributed by atoms with Crippen LogP contribution in [0.2, 0.25) is 10.0 Å². The third-order valence-electron chi connectivity index (χ3n) is 3.47. The van der Waals surface area contributed by atoms with E-state index in [1.54, 1.807) is 18.3 Å². The average Bonchev–Trinajstić information content (AvgIpc) is 2.56. The lowest BCUT2D eigenvalue weighted by molar-refractivity contribution is 0.425.